The van der Waals surface area contributed by atoms with Gasteiger partial charge in [0.05, 0.1) is 12.0 Å². The summed E-state index contributed by atoms with van der Waals surface area (Å²) in [4.78, 5) is 16.9. The standard InChI is InChI=1S/C18H32O4/c1-7-16(2,3)15(19)22-14-12(9-11-21-20)13-8-10-18(14,6)17(13,4)5/h12-14,20H,7-11H2,1-6H3. The zero-order valence-corrected chi connectivity index (χ0v) is 14.9. The van der Waals surface area contributed by atoms with Crippen LogP contribution in [0.3, 0.4) is 0 Å². The Kier molecular flexibility index (Phi) is 4.67. The van der Waals surface area contributed by atoms with Crippen LogP contribution in [0.4, 0.5) is 0 Å². The Hall–Kier alpha value is -0.610. The number of carbonyl (C=O) groups excluding carboxylic acids is 1. The molecule has 128 valence electrons. The Bertz CT molecular complexity index is 429. The Morgan fingerprint density at radius 1 is 1.32 bits per heavy atom. The van der Waals surface area contributed by atoms with Crippen molar-refractivity contribution in [3.05, 3.63) is 0 Å². The van der Waals surface area contributed by atoms with Gasteiger partial charge in [0.25, 0.3) is 0 Å². The van der Waals surface area contributed by atoms with E-state index in [0.717, 1.165) is 19.3 Å². The van der Waals surface area contributed by atoms with Gasteiger partial charge in [-0.1, -0.05) is 27.7 Å². The number of rotatable bonds is 6. The van der Waals surface area contributed by atoms with E-state index in [1.54, 1.807) is 0 Å². The van der Waals surface area contributed by atoms with Gasteiger partial charge in [0, 0.05) is 11.3 Å². The van der Waals surface area contributed by atoms with Crippen LogP contribution in [0, 0.1) is 28.1 Å². The molecule has 22 heavy (non-hydrogen) atoms. The van der Waals surface area contributed by atoms with E-state index in [-0.39, 0.29) is 28.8 Å². The molecule has 4 heteroatoms. The molecule has 4 nitrogen and oxygen atoms in total. The van der Waals surface area contributed by atoms with Crippen molar-refractivity contribution in [3.8, 4) is 0 Å². The Morgan fingerprint density at radius 2 is 1.95 bits per heavy atom. The molecule has 0 aromatic carbocycles. The van der Waals surface area contributed by atoms with Crippen LogP contribution in [0.15, 0.2) is 0 Å². The van der Waals surface area contributed by atoms with Crippen LogP contribution in [0.25, 0.3) is 0 Å². The molecule has 2 saturated carbocycles. The second-order valence-corrected chi connectivity index (χ2v) is 8.63. The van der Waals surface area contributed by atoms with Crippen molar-refractivity contribution >= 4 is 5.97 Å². The number of carbonyl (C=O) groups is 1. The summed E-state index contributed by atoms with van der Waals surface area (Å²) in [5.41, 5.74) is -0.286. The van der Waals surface area contributed by atoms with Crippen LogP contribution in [0.2, 0.25) is 0 Å². The monoisotopic (exact) mass is 312 g/mol. The fraction of sp³-hybridized carbons (Fsp3) is 0.944. The van der Waals surface area contributed by atoms with Crippen LogP contribution in [-0.4, -0.2) is 23.9 Å². The van der Waals surface area contributed by atoms with Crippen molar-refractivity contribution in [3.63, 3.8) is 0 Å². The quantitative estimate of drug-likeness (QED) is 0.452. The highest BCUT2D eigenvalue weighted by atomic mass is 17.1. The van der Waals surface area contributed by atoms with E-state index < -0.39 is 5.41 Å². The van der Waals surface area contributed by atoms with E-state index >= 15 is 0 Å². The average molecular weight is 312 g/mol. The molecule has 4 atom stereocenters. The second kappa shape index (κ2) is 5.79. The molecular formula is C18H32O4. The summed E-state index contributed by atoms with van der Waals surface area (Å²) < 4.78 is 6.07. The summed E-state index contributed by atoms with van der Waals surface area (Å²) in [7, 11) is 0. The second-order valence-electron chi connectivity index (χ2n) is 8.63. The Labute approximate surface area is 134 Å². The number of esters is 1. The third kappa shape index (κ3) is 2.48. The van der Waals surface area contributed by atoms with Gasteiger partial charge in [0.15, 0.2) is 0 Å². The third-order valence-corrected chi connectivity index (χ3v) is 7.12. The molecule has 0 aliphatic heterocycles. The molecule has 0 spiro atoms. The lowest BCUT2D eigenvalue weighted by atomic mass is 9.70. The van der Waals surface area contributed by atoms with Crippen molar-refractivity contribution in [2.24, 2.45) is 28.1 Å². The first-order chi connectivity index (χ1) is 10.1. The van der Waals surface area contributed by atoms with Gasteiger partial charge in [-0.25, -0.2) is 4.89 Å². The zero-order valence-electron chi connectivity index (χ0n) is 14.9. The zero-order chi connectivity index (χ0) is 16.8. The highest BCUT2D eigenvalue weighted by Crippen LogP contribution is 2.69. The molecule has 2 aliphatic carbocycles. The van der Waals surface area contributed by atoms with Crippen LogP contribution < -0.4 is 0 Å². The van der Waals surface area contributed by atoms with Crippen LogP contribution in [-0.2, 0) is 14.4 Å². The van der Waals surface area contributed by atoms with Gasteiger partial charge in [-0.3, -0.25) is 10.1 Å². The minimum Gasteiger partial charge on any atom is -0.461 e. The summed E-state index contributed by atoms with van der Waals surface area (Å²) in [5.74, 6) is 0.701. The molecule has 0 aromatic heterocycles. The minimum atomic E-state index is -0.444. The molecule has 1 N–H and O–H groups in total. The summed E-state index contributed by atoms with van der Waals surface area (Å²) >= 11 is 0. The van der Waals surface area contributed by atoms with E-state index in [9.17, 15) is 4.79 Å². The number of fused-ring (bicyclic) bond motifs is 2. The Morgan fingerprint density at radius 3 is 2.50 bits per heavy atom. The first-order valence-electron chi connectivity index (χ1n) is 8.59. The van der Waals surface area contributed by atoms with Gasteiger partial charge >= 0.3 is 5.97 Å². The normalized spacial score (nSPS) is 36.6. The van der Waals surface area contributed by atoms with Crippen LogP contribution in [0.5, 0.6) is 0 Å². The van der Waals surface area contributed by atoms with Crippen molar-refractivity contribution < 1.29 is 19.7 Å². The number of ether oxygens (including phenoxy) is 1. The molecule has 2 fully saturated rings. The van der Waals surface area contributed by atoms with Gasteiger partial charge in [-0.2, -0.15) is 0 Å². The topological polar surface area (TPSA) is 55.8 Å². The summed E-state index contributed by atoms with van der Waals surface area (Å²) in [6.45, 7) is 13.1. The molecule has 0 aromatic rings. The lowest BCUT2D eigenvalue weighted by Gasteiger charge is -2.40. The SMILES string of the molecule is CCC(C)(C)C(=O)OC1C(CCOO)C2CCC1(C)C2(C)C. The Balaban J connectivity index is 2.24. The molecule has 4 unspecified atom stereocenters. The van der Waals surface area contributed by atoms with Crippen molar-refractivity contribution in [2.45, 2.75) is 73.3 Å². The van der Waals surface area contributed by atoms with Crippen LogP contribution in [0.1, 0.15) is 67.2 Å². The molecular weight excluding hydrogens is 280 g/mol. The largest absolute Gasteiger partial charge is 0.461 e. The van der Waals surface area contributed by atoms with E-state index in [0.29, 0.717) is 12.5 Å². The summed E-state index contributed by atoms with van der Waals surface area (Å²) in [6.07, 6.45) is 3.71. The van der Waals surface area contributed by atoms with E-state index in [1.165, 1.54) is 6.42 Å². The average Bonchev–Trinajstić information content (AvgIpc) is 2.77. The number of hydrogen-bond donors (Lipinski definition) is 1. The van der Waals surface area contributed by atoms with Crippen molar-refractivity contribution in [2.75, 3.05) is 6.61 Å². The summed E-state index contributed by atoms with van der Waals surface area (Å²) in [6, 6.07) is 0. The maximum Gasteiger partial charge on any atom is 0.311 e. The molecule has 2 bridgehead atoms. The van der Waals surface area contributed by atoms with E-state index in [1.807, 2.05) is 20.8 Å². The smallest absolute Gasteiger partial charge is 0.311 e. The molecule has 0 radical (unpaired) electrons. The van der Waals surface area contributed by atoms with Gasteiger partial charge in [-0.05, 0) is 50.9 Å². The summed E-state index contributed by atoms with van der Waals surface area (Å²) in [5, 5.41) is 8.72. The first-order valence-corrected chi connectivity index (χ1v) is 8.59. The number of hydrogen-bond acceptors (Lipinski definition) is 4. The molecule has 2 rings (SSSR count). The predicted octanol–water partition coefficient (Wildman–Crippen LogP) is 4.29. The van der Waals surface area contributed by atoms with Gasteiger partial charge in [0.2, 0.25) is 0 Å². The molecule has 0 amide bonds. The van der Waals surface area contributed by atoms with E-state index in [4.69, 9.17) is 9.99 Å². The lowest BCUT2D eigenvalue weighted by Crippen LogP contribution is -2.43. The molecule has 0 saturated heterocycles. The van der Waals surface area contributed by atoms with Crippen molar-refractivity contribution in [1.29, 1.82) is 0 Å². The highest BCUT2D eigenvalue weighted by molar-refractivity contribution is 5.76. The van der Waals surface area contributed by atoms with Gasteiger partial charge < -0.3 is 4.74 Å². The first kappa shape index (κ1) is 17.7. The van der Waals surface area contributed by atoms with E-state index in [2.05, 4.69) is 25.7 Å². The van der Waals surface area contributed by atoms with Gasteiger partial charge in [-0.15, -0.1) is 0 Å². The highest BCUT2D eigenvalue weighted by Gasteiger charge is 2.67. The maximum atomic E-state index is 12.6. The fourth-order valence-corrected chi connectivity index (χ4v) is 4.68. The molecule has 2 aliphatic rings. The van der Waals surface area contributed by atoms with Gasteiger partial charge in [0.1, 0.15) is 6.10 Å². The predicted molar refractivity (Wildman–Crippen MR) is 85.3 cm³/mol. The third-order valence-electron chi connectivity index (χ3n) is 7.12. The maximum absolute atomic E-state index is 12.6. The van der Waals surface area contributed by atoms with Crippen LogP contribution >= 0.6 is 0 Å². The lowest BCUT2D eigenvalue weighted by molar-refractivity contribution is -0.246. The molecule has 0 heterocycles. The van der Waals surface area contributed by atoms with Crippen molar-refractivity contribution in [1.82, 2.24) is 0 Å². The minimum absolute atomic E-state index is 0.0112. The fourth-order valence-electron chi connectivity index (χ4n) is 4.68.